The molecule has 1 aromatic rings. The minimum absolute atomic E-state index is 0.0824. The highest BCUT2D eigenvalue weighted by molar-refractivity contribution is 5.94. The van der Waals surface area contributed by atoms with Crippen LogP contribution in [0.4, 0.5) is 4.39 Å². The van der Waals surface area contributed by atoms with Gasteiger partial charge in [0, 0.05) is 31.1 Å². The van der Waals surface area contributed by atoms with E-state index < -0.39 is 11.4 Å². The van der Waals surface area contributed by atoms with E-state index in [4.69, 9.17) is 0 Å². The lowest BCUT2D eigenvalue weighted by atomic mass is 9.57. The first-order chi connectivity index (χ1) is 15.0. The Balaban J connectivity index is 1.59. The van der Waals surface area contributed by atoms with E-state index >= 15 is 0 Å². The average Bonchev–Trinajstić information content (AvgIpc) is 3.32. The summed E-state index contributed by atoms with van der Waals surface area (Å²) in [6.45, 7) is 8.01. The molecule has 32 heavy (non-hydrogen) atoms. The molecule has 0 aromatic heterocycles. The summed E-state index contributed by atoms with van der Waals surface area (Å²) in [5.74, 6) is -0.300. The summed E-state index contributed by atoms with van der Waals surface area (Å²) in [5.41, 5.74) is -0.742. The van der Waals surface area contributed by atoms with Crippen LogP contribution < -0.4 is 5.32 Å². The molecule has 6 heteroatoms. The highest BCUT2D eigenvalue weighted by atomic mass is 19.1. The van der Waals surface area contributed by atoms with Gasteiger partial charge in [-0.3, -0.25) is 9.59 Å². The van der Waals surface area contributed by atoms with Gasteiger partial charge in [-0.25, -0.2) is 4.39 Å². The quantitative estimate of drug-likeness (QED) is 0.712. The Labute approximate surface area is 190 Å². The Morgan fingerprint density at radius 3 is 2.56 bits per heavy atom. The number of fused-ring (bicyclic) bond motifs is 1. The molecule has 2 aliphatic carbocycles. The maximum Gasteiger partial charge on any atom is 0.251 e. The van der Waals surface area contributed by atoms with Crippen LogP contribution in [0.25, 0.3) is 0 Å². The summed E-state index contributed by atoms with van der Waals surface area (Å²) < 4.78 is 13.7. The van der Waals surface area contributed by atoms with Crippen molar-refractivity contribution < 1.29 is 19.1 Å². The van der Waals surface area contributed by atoms with Crippen LogP contribution in [0.3, 0.4) is 0 Å². The van der Waals surface area contributed by atoms with Gasteiger partial charge in [0.15, 0.2) is 0 Å². The summed E-state index contributed by atoms with van der Waals surface area (Å²) in [7, 11) is 0. The lowest BCUT2D eigenvalue weighted by Crippen LogP contribution is -2.52. The summed E-state index contributed by atoms with van der Waals surface area (Å²) in [4.78, 5) is 27.9. The summed E-state index contributed by atoms with van der Waals surface area (Å²) >= 11 is 0. The van der Waals surface area contributed by atoms with Crippen molar-refractivity contribution >= 4 is 11.8 Å². The fraction of sp³-hybridized carbons (Fsp3) is 0.692. The van der Waals surface area contributed by atoms with Gasteiger partial charge in [0.25, 0.3) is 5.91 Å². The highest BCUT2D eigenvalue weighted by Crippen LogP contribution is 2.63. The zero-order valence-corrected chi connectivity index (χ0v) is 19.6. The maximum atomic E-state index is 13.7. The fourth-order valence-corrected chi connectivity index (χ4v) is 6.77. The second-order valence-corrected chi connectivity index (χ2v) is 11.3. The first-order valence-electron chi connectivity index (χ1n) is 12.1. The minimum atomic E-state index is -0.730. The number of carbonyl (C=O) groups excluding carboxylic acids is 2. The number of aliphatic hydroxyl groups is 1. The monoisotopic (exact) mass is 444 g/mol. The van der Waals surface area contributed by atoms with Crippen LogP contribution >= 0.6 is 0 Å². The molecule has 1 aromatic carbocycles. The Kier molecular flexibility index (Phi) is 6.12. The average molecular weight is 445 g/mol. The van der Waals surface area contributed by atoms with E-state index in [0.717, 1.165) is 38.8 Å². The number of amides is 2. The van der Waals surface area contributed by atoms with Crippen molar-refractivity contribution in [3.05, 3.63) is 35.6 Å². The minimum Gasteiger partial charge on any atom is -0.390 e. The smallest absolute Gasteiger partial charge is 0.251 e. The molecule has 0 radical (unpaired) electrons. The van der Waals surface area contributed by atoms with Crippen LogP contribution in [0.5, 0.6) is 0 Å². The van der Waals surface area contributed by atoms with E-state index in [1.54, 1.807) is 12.1 Å². The SMILES string of the molecule is CC1(C)C[C@H](NC(=O)c2cccc(F)c2)[C@@]2(CCC(=O)N3CCCC3)CC[C@](C)(O)C[C@@H]12. The van der Waals surface area contributed by atoms with Crippen LogP contribution in [-0.2, 0) is 4.79 Å². The van der Waals surface area contributed by atoms with Gasteiger partial charge in [-0.05, 0) is 86.8 Å². The fourth-order valence-electron chi connectivity index (χ4n) is 6.77. The molecule has 3 aliphatic rings. The molecule has 176 valence electrons. The van der Waals surface area contributed by atoms with Crippen molar-refractivity contribution in [1.29, 1.82) is 0 Å². The maximum absolute atomic E-state index is 13.7. The largest absolute Gasteiger partial charge is 0.390 e. The van der Waals surface area contributed by atoms with Crippen LogP contribution in [0.2, 0.25) is 0 Å². The normalized spacial score (nSPS) is 33.7. The Morgan fingerprint density at radius 1 is 1.16 bits per heavy atom. The van der Waals surface area contributed by atoms with Crippen molar-refractivity contribution in [2.45, 2.75) is 83.8 Å². The molecule has 0 unspecified atom stereocenters. The molecule has 4 atom stereocenters. The van der Waals surface area contributed by atoms with Crippen LogP contribution in [-0.4, -0.2) is 46.6 Å². The zero-order valence-electron chi connectivity index (χ0n) is 19.6. The first kappa shape index (κ1) is 23.2. The number of hydrogen-bond donors (Lipinski definition) is 2. The van der Waals surface area contributed by atoms with Gasteiger partial charge < -0.3 is 15.3 Å². The number of likely N-dealkylation sites (tertiary alicyclic amines) is 1. The van der Waals surface area contributed by atoms with Gasteiger partial charge in [-0.2, -0.15) is 0 Å². The van der Waals surface area contributed by atoms with Crippen LogP contribution in [0.15, 0.2) is 24.3 Å². The van der Waals surface area contributed by atoms with Gasteiger partial charge >= 0.3 is 0 Å². The van der Waals surface area contributed by atoms with Gasteiger partial charge in [0.05, 0.1) is 5.60 Å². The van der Waals surface area contributed by atoms with Crippen LogP contribution in [0, 0.1) is 22.6 Å². The molecular formula is C26H37FN2O3. The van der Waals surface area contributed by atoms with Gasteiger partial charge in [0.1, 0.15) is 5.82 Å². The molecule has 4 rings (SSSR count). The first-order valence-corrected chi connectivity index (χ1v) is 12.1. The molecule has 1 aliphatic heterocycles. The molecule has 1 heterocycles. The highest BCUT2D eigenvalue weighted by Gasteiger charge is 2.61. The molecule has 3 fully saturated rings. The molecule has 2 amide bonds. The van der Waals surface area contributed by atoms with Crippen molar-refractivity contribution in [3.63, 3.8) is 0 Å². The predicted molar refractivity (Wildman–Crippen MR) is 121 cm³/mol. The van der Waals surface area contributed by atoms with Crippen molar-refractivity contribution in [2.75, 3.05) is 13.1 Å². The van der Waals surface area contributed by atoms with Crippen molar-refractivity contribution in [3.8, 4) is 0 Å². The second-order valence-electron chi connectivity index (χ2n) is 11.3. The van der Waals surface area contributed by atoms with E-state index in [0.29, 0.717) is 31.2 Å². The van der Waals surface area contributed by atoms with E-state index in [1.807, 2.05) is 11.8 Å². The number of hydrogen-bond acceptors (Lipinski definition) is 3. The number of benzene rings is 1. The topological polar surface area (TPSA) is 69.6 Å². The molecule has 0 bridgehead atoms. The van der Waals surface area contributed by atoms with E-state index in [2.05, 4.69) is 19.2 Å². The molecule has 1 saturated heterocycles. The molecule has 2 saturated carbocycles. The number of halogens is 1. The third-order valence-electron chi connectivity index (χ3n) is 8.49. The number of nitrogens with one attached hydrogen (secondary N) is 1. The zero-order chi connectivity index (χ0) is 23.1. The van der Waals surface area contributed by atoms with E-state index in [1.165, 1.54) is 12.1 Å². The number of nitrogens with zero attached hydrogens (tertiary/aromatic N) is 1. The third-order valence-corrected chi connectivity index (χ3v) is 8.49. The number of rotatable bonds is 5. The van der Waals surface area contributed by atoms with Crippen molar-refractivity contribution in [1.82, 2.24) is 10.2 Å². The molecule has 2 N–H and O–H groups in total. The molecule has 5 nitrogen and oxygen atoms in total. The van der Waals surface area contributed by atoms with E-state index in [-0.39, 0.29) is 34.6 Å². The predicted octanol–water partition coefficient (Wildman–Crippen LogP) is 4.29. The summed E-state index contributed by atoms with van der Waals surface area (Å²) in [6.07, 6.45) is 6.21. The third kappa shape index (κ3) is 4.43. The standard InChI is InChI=1S/C26H37FN2O3/c1-24(2)17-21(28-23(31)18-7-6-8-19(27)15-18)26(12-11-25(3,32)16-20(24)26)10-9-22(30)29-13-4-5-14-29/h6-8,15,20-21,32H,4-5,9-14,16-17H2,1-3H3,(H,28,31)/t20-,21-,25-,26-/m0/s1. The van der Waals surface area contributed by atoms with Gasteiger partial charge in [0.2, 0.25) is 5.91 Å². The molecular weight excluding hydrogens is 407 g/mol. The second kappa shape index (κ2) is 8.44. The molecule has 0 spiro atoms. The Hall–Kier alpha value is -1.95. The lowest BCUT2D eigenvalue weighted by Gasteiger charge is -2.51. The lowest BCUT2D eigenvalue weighted by molar-refractivity contribution is -0.132. The van der Waals surface area contributed by atoms with Gasteiger partial charge in [-0.1, -0.05) is 19.9 Å². The van der Waals surface area contributed by atoms with Gasteiger partial charge in [-0.15, -0.1) is 0 Å². The van der Waals surface area contributed by atoms with E-state index in [9.17, 15) is 19.1 Å². The van der Waals surface area contributed by atoms with Crippen molar-refractivity contribution in [2.24, 2.45) is 16.7 Å². The summed E-state index contributed by atoms with van der Waals surface area (Å²) in [5, 5.41) is 14.1. The summed E-state index contributed by atoms with van der Waals surface area (Å²) in [6, 6.07) is 5.67. The van der Waals surface area contributed by atoms with Crippen LogP contribution in [0.1, 0.15) is 82.5 Å². The Bertz CT molecular complexity index is 878. The number of carbonyl (C=O) groups is 2. The Morgan fingerprint density at radius 2 is 1.88 bits per heavy atom.